The number of thioether (sulfide) groups is 2. The van der Waals surface area contributed by atoms with Gasteiger partial charge in [-0.2, -0.15) is 0 Å². The van der Waals surface area contributed by atoms with Crippen molar-refractivity contribution in [3.05, 3.63) is 77.9 Å². The third-order valence-electron chi connectivity index (χ3n) is 4.81. The molecule has 3 rings (SSSR count). The van der Waals surface area contributed by atoms with Gasteiger partial charge in [0.15, 0.2) is 3.82 Å². The van der Waals surface area contributed by atoms with Gasteiger partial charge in [-0.15, -0.1) is 29.3 Å². The third kappa shape index (κ3) is 5.00. The molecule has 7 heteroatoms. The van der Waals surface area contributed by atoms with Gasteiger partial charge in [-0.3, -0.25) is 4.57 Å². The van der Waals surface area contributed by atoms with E-state index in [9.17, 15) is 9.67 Å². The van der Waals surface area contributed by atoms with Crippen molar-refractivity contribution in [2.24, 2.45) is 0 Å². The molecule has 1 atom stereocenters. The van der Waals surface area contributed by atoms with Crippen molar-refractivity contribution in [1.82, 2.24) is 0 Å². The normalized spacial score (nSPS) is 18.1. The van der Waals surface area contributed by atoms with Crippen LogP contribution in [0.3, 0.4) is 0 Å². The van der Waals surface area contributed by atoms with Gasteiger partial charge in [0.2, 0.25) is 0 Å². The van der Waals surface area contributed by atoms with Gasteiger partial charge in [0.25, 0.3) is 0 Å². The van der Waals surface area contributed by atoms with Gasteiger partial charge < -0.3 is 14.2 Å². The van der Waals surface area contributed by atoms with E-state index in [-0.39, 0.29) is 19.0 Å². The first-order valence-corrected chi connectivity index (χ1v) is 13.7. The Bertz CT molecular complexity index is 857. The molecule has 2 aromatic carbocycles. The Hall–Kier alpha value is -1.17. The average molecular weight is 464 g/mol. The highest BCUT2D eigenvalue weighted by Gasteiger charge is 2.57. The summed E-state index contributed by atoms with van der Waals surface area (Å²) in [5, 5.41) is 13.2. The molecule has 1 aliphatic heterocycles. The van der Waals surface area contributed by atoms with Crippen molar-refractivity contribution >= 4 is 36.9 Å². The van der Waals surface area contributed by atoms with E-state index in [1.807, 2.05) is 62.4 Å². The minimum atomic E-state index is -3.55. The molecule has 1 fully saturated rings. The lowest BCUT2D eigenvalue weighted by Gasteiger charge is -2.45. The van der Waals surface area contributed by atoms with E-state index in [1.165, 1.54) is 0 Å². The smallest absolute Gasteiger partial charge is 0.357 e. The van der Waals surface area contributed by atoms with E-state index in [1.54, 1.807) is 41.7 Å². The molecule has 0 aliphatic carbocycles. The molecule has 0 bridgehead atoms. The van der Waals surface area contributed by atoms with Crippen molar-refractivity contribution < 1.29 is 18.7 Å². The topological polar surface area (TPSA) is 58.6 Å². The molecule has 1 heterocycles. The van der Waals surface area contributed by atoms with Crippen molar-refractivity contribution in [2.45, 2.75) is 30.0 Å². The summed E-state index contributed by atoms with van der Waals surface area (Å²) in [6.45, 7) is 4.23. The van der Waals surface area contributed by atoms with Gasteiger partial charge >= 0.3 is 7.60 Å². The number of allylic oxidation sites excluding steroid dienone is 1. The molecule has 1 aliphatic rings. The fourth-order valence-electron chi connectivity index (χ4n) is 3.53. The van der Waals surface area contributed by atoms with Crippen LogP contribution in [0.1, 0.15) is 37.3 Å². The van der Waals surface area contributed by atoms with E-state index in [0.717, 1.165) is 23.5 Å². The zero-order chi connectivity index (χ0) is 21.5. The van der Waals surface area contributed by atoms with Crippen LogP contribution in [-0.2, 0) is 13.6 Å². The minimum absolute atomic E-state index is 0.0878. The lowest BCUT2D eigenvalue weighted by molar-refractivity contribution is -0.244. The Morgan fingerprint density at radius 2 is 1.57 bits per heavy atom. The summed E-state index contributed by atoms with van der Waals surface area (Å²) in [6, 6.07) is 19.0. The van der Waals surface area contributed by atoms with Crippen LogP contribution < -0.4 is 5.11 Å². The van der Waals surface area contributed by atoms with Crippen LogP contribution in [0.4, 0.5) is 0 Å². The second-order valence-corrected chi connectivity index (χ2v) is 12.6. The molecule has 162 valence electrons. The van der Waals surface area contributed by atoms with Gasteiger partial charge in [-0.1, -0.05) is 66.7 Å². The molecule has 2 aromatic rings. The van der Waals surface area contributed by atoms with E-state index < -0.39 is 17.3 Å². The molecule has 0 spiro atoms. The highest BCUT2D eigenvalue weighted by Crippen LogP contribution is 2.75. The summed E-state index contributed by atoms with van der Waals surface area (Å²) in [5.74, 6) is 1.17. The Labute approximate surface area is 188 Å². The molecule has 1 unspecified atom stereocenters. The van der Waals surface area contributed by atoms with Crippen LogP contribution in [0, 0.1) is 0 Å². The molecule has 0 saturated carbocycles. The molecule has 0 radical (unpaired) electrons. The molecule has 1 saturated heterocycles. The monoisotopic (exact) mass is 463 g/mol. The lowest BCUT2D eigenvalue weighted by Crippen LogP contribution is -2.34. The molecular formula is C23H28O4PS2-. The summed E-state index contributed by atoms with van der Waals surface area (Å²) in [4.78, 5) is 0. The second-order valence-electron chi connectivity index (χ2n) is 6.80. The van der Waals surface area contributed by atoms with Crippen molar-refractivity contribution in [2.75, 3.05) is 24.7 Å². The maximum Gasteiger partial charge on any atom is 0.357 e. The predicted octanol–water partition coefficient (Wildman–Crippen LogP) is 5.96. The SMILES string of the molecule is CCOP(=O)(OCC)C1(C(/C=C(\[O-])c2ccccc2)c2ccccc2)SCCCS1. The Morgan fingerprint density at radius 1 is 1.03 bits per heavy atom. The third-order valence-corrected chi connectivity index (χ3v) is 12.2. The number of rotatable bonds is 9. The molecule has 30 heavy (non-hydrogen) atoms. The van der Waals surface area contributed by atoms with Crippen LogP contribution in [0.15, 0.2) is 66.7 Å². The van der Waals surface area contributed by atoms with Gasteiger partial charge in [0.05, 0.1) is 13.2 Å². The van der Waals surface area contributed by atoms with E-state index in [4.69, 9.17) is 9.05 Å². The Balaban J connectivity index is 2.18. The molecule has 4 nitrogen and oxygen atoms in total. The summed E-state index contributed by atoms with van der Waals surface area (Å²) in [6.07, 6.45) is 2.73. The summed E-state index contributed by atoms with van der Waals surface area (Å²) in [5.41, 5.74) is 1.55. The standard InChI is InChI=1S/C23H29O4PS2/c1-3-26-28(25,27-4-2)23(29-16-11-17-30-23)21(19-12-7-5-8-13-19)18-22(24)20-14-9-6-10-15-20/h5-10,12-15,18,21,24H,3-4,11,16-17H2,1-2H3/p-1/b22-18-. The first-order valence-electron chi connectivity index (χ1n) is 10.2. The van der Waals surface area contributed by atoms with Crippen molar-refractivity contribution in [1.29, 1.82) is 0 Å². The maximum absolute atomic E-state index is 14.2. The Kier molecular flexibility index (Phi) is 8.55. The molecule has 0 N–H and O–H groups in total. The molecule has 0 aromatic heterocycles. The first kappa shape index (κ1) is 23.5. The van der Waals surface area contributed by atoms with Crippen molar-refractivity contribution in [3.63, 3.8) is 0 Å². The average Bonchev–Trinajstić information content (AvgIpc) is 2.79. The van der Waals surface area contributed by atoms with E-state index in [0.29, 0.717) is 5.56 Å². The van der Waals surface area contributed by atoms with Gasteiger partial charge in [-0.05, 0) is 42.9 Å². The zero-order valence-electron chi connectivity index (χ0n) is 17.4. The van der Waals surface area contributed by atoms with E-state index >= 15 is 0 Å². The van der Waals surface area contributed by atoms with Gasteiger partial charge in [0.1, 0.15) is 0 Å². The maximum atomic E-state index is 14.2. The molecule has 0 amide bonds. The van der Waals surface area contributed by atoms with Gasteiger partial charge in [-0.25, -0.2) is 0 Å². The largest absolute Gasteiger partial charge is 0.872 e. The zero-order valence-corrected chi connectivity index (χ0v) is 19.9. The van der Waals surface area contributed by atoms with Crippen LogP contribution in [-0.4, -0.2) is 28.5 Å². The van der Waals surface area contributed by atoms with Crippen LogP contribution in [0.25, 0.3) is 5.76 Å². The summed E-state index contributed by atoms with van der Waals surface area (Å²) < 4.78 is 25.0. The number of hydrogen-bond donors (Lipinski definition) is 0. The van der Waals surface area contributed by atoms with Crippen LogP contribution in [0.2, 0.25) is 0 Å². The fraction of sp³-hybridized carbons (Fsp3) is 0.391. The second kappa shape index (κ2) is 10.9. The first-order chi connectivity index (χ1) is 14.6. The highest BCUT2D eigenvalue weighted by molar-refractivity contribution is 8.25. The quantitative estimate of drug-likeness (QED) is 0.338. The summed E-state index contributed by atoms with van der Waals surface area (Å²) >= 11 is 3.21. The van der Waals surface area contributed by atoms with E-state index in [2.05, 4.69) is 0 Å². The minimum Gasteiger partial charge on any atom is -0.872 e. The van der Waals surface area contributed by atoms with Crippen molar-refractivity contribution in [3.8, 4) is 0 Å². The van der Waals surface area contributed by atoms with Gasteiger partial charge in [0, 0.05) is 5.92 Å². The summed E-state index contributed by atoms with van der Waals surface area (Å²) in [7, 11) is -3.55. The van der Waals surface area contributed by atoms with Crippen LogP contribution >= 0.6 is 31.1 Å². The number of benzene rings is 2. The Morgan fingerprint density at radius 3 is 2.10 bits per heavy atom. The van der Waals surface area contributed by atoms with Crippen LogP contribution in [0.5, 0.6) is 0 Å². The predicted molar refractivity (Wildman–Crippen MR) is 127 cm³/mol. The number of hydrogen-bond acceptors (Lipinski definition) is 6. The molecular weight excluding hydrogens is 435 g/mol. The fourth-order valence-corrected chi connectivity index (χ4v) is 10.6. The lowest BCUT2D eigenvalue weighted by atomic mass is 9.98. The highest BCUT2D eigenvalue weighted by atomic mass is 32.2.